The van der Waals surface area contributed by atoms with Gasteiger partial charge in [0, 0.05) is 30.1 Å². The van der Waals surface area contributed by atoms with Crippen LogP contribution in [0.3, 0.4) is 0 Å². The molecule has 2 aromatic carbocycles. The van der Waals surface area contributed by atoms with Crippen LogP contribution in [0.2, 0.25) is 0 Å². The number of rotatable bonds is 5. The molecule has 1 fully saturated rings. The van der Waals surface area contributed by atoms with Crippen molar-refractivity contribution in [2.75, 3.05) is 13.7 Å². The fraction of sp³-hybridized carbons (Fsp3) is 0.273. The van der Waals surface area contributed by atoms with Crippen LogP contribution in [0, 0.1) is 0 Å². The molecular formula is C22H22N2O2. The monoisotopic (exact) mass is 346 g/mol. The lowest BCUT2D eigenvalue weighted by Crippen LogP contribution is -2.43. The first kappa shape index (κ1) is 16.6. The number of hydrogen-bond acceptors (Lipinski definition) is 3. The maximum Gasteiger partial charge on any atom is 0.260 e. The largest absolute Gasteiger partial charge is 0.483 e. The molecule has 0 N–H and O–H groups in total. The number of aromatic nitrogens is 1. The molecule has 0 spiro atoms. The summed E-state index contributed by atoms with van der Waals surface area (Å²) >= 11 is 0. The van der Waals surface area contributed by atoms with Crippen LogP contribution in [0.25, 0.3) is 22.2 Å². The Balaban J connectivity index is 1.61. The molecule has 1 aliphatic rings. The maximum atomic E-state index is 12.4. The standard InChI is InChI=1S/C22H22N2O2/c1-24(17-10-7-11-17)22(25)15-26-21-14-20(16-8-3-2-4-9-16)23-19-13-6-5-12-18(19)21/h2-6,8-9,12-14,17H,7,10-11,15H2,1H3. The number of fused-ring (bicyclic) bond motifs is 1. The number of carbonyl (C=O) groups is 1. The zero-order chi connectivity index (χ0) is 17.9. The number of carbonyl (C=O) groups excluding carboxylic acids is 1. The summed E-state index contributed by atoms with van der Waals surface area (Å²) in [5.74, 6) is 0.724. The van der Waals surface area contributed by atoms with Crippen molar-refractivity contribution < 1.29 is 9.53 Å². The SMILES string of the molecule is CN(C(=O)COc1cc(-c2ccccc2)nc2ccccc12)C1CCC1. The van der Waals surface area contributed by atoms with Gasteiger partial charge in [-0.15, -0.1) is 0 Å². The second-order valence-corrected chi connectivity index (χ2v) is 6.77. The molecule has 3 aromatic rings. The summed E-state index contributed by atoms with van der Waals surface area (Å²) < 4.78 is 5.95. The average molecular weight is 346 g/mol. The van der Waals surface area contributed by atoms with E-state index in [-0.39, 0.29) is 12.5 Å². The number of nitrogens with zero attached hydrogens (tertiary/aromatic N) is 2. The fourth-order valence-corrected chi connectivity index (χ4v) is 3.24. The summed E-state index contributed by atoms with van der Waals surface area (Å²) in [6.07, 6.45) is 3.40. The van der Waals surface area contributed by atoms with E-state index in [0.29, 0.717) is 11.8 Å². The van der Waals surface area contributed by atoms with E-state index in [1.165, 1.54) is 6.42 Å². The van der Waals surface area contributed by atoms with Crippen LogP contribution in [-0.4, -0.2) is 35.5 Å². The molecule has 0 radical (unpaired) electrons. The number of benzene rings is 2. The van der Waals surface area contributed by atoms with Crippen molar-refractivity contribution in [3.8, 4) is 17.0 Å². The van der Waals surface area contributed by atoms with Crippen molar-refractivity contribution in [3.63, 3.8) is 0 Å². The van der Waals surface area contributed by atoms with Crippen molar-refractivity contribution in [1.29, 1.82) is 0 Å². The highest BCUT2D eigenvalue weighted by atomic mass is 16.5. The highest BCUT2D eigenvalue weighted by Gasteiger charge is 2.25. The molecular weight excluding hydrogens is 324 g/mol. The van der Waals surface area contributed by atoms with E-state index in [1.54, 1.807) is 0 Å². The van der Waals surface area contributed by atoms with Crippen LogP contribution in [-0.2, 0) is 4.79 Å². The molecule has 4 heteroatoms. The van der Waals surface area contributed by atoms with Gasteiger partial charge in [-0.1, -0.05) is 42.5 Å². The molecule has 4 rings (SSSR count). The van der Waals surface area contributed by atoms with E-state index >= 15 is 0 Å². The molecule has 26 heavy (non-hydrogen) atoms. The second kappa shape index (κ2) is 7.16. The predicted molar refractivity (Wildman–Crippen MR) is 103 cm³/mol. The molecule has 0 bridgehead atoms. The van der Waals surface area contributed by atoms with Crippen LogP contribution < -0.4 is 4.74 Å². The normalized spacial score (nSPS) is 14.0. The van der Waals surface area contributed by atoms with Gasteiger partial charge < -0.3 is 9.64 Å². The molecule has 4 nitrogen and oxygen atoms in total. The molecule has 132 valence electrons. The maximum absolute atomic E-state index is 12.4. The minimum Gasteiger partial charge on any atom is -0.483 e. The molecule has 0 saturated heterocycles. The van der Waals surface area contributed by atoms with Crippen LogP contribution in [0.15, 0.2) is 60.7 Å². The van der Waals surface area contributed by atoms with Gasteiger partial charge in [0.2, 0.25) is 0 Å². The molecule has 1 aliphatic carbocycles. The Kier molecular flexibility index (Phi) is 4.57. The van der Waals surface area contributed by atoms with Crippen molar-refractivity contribution in [3.05, 3.63) is 60.7 Å². The molecule has 0 unspecified atom stereocenters. The quantitative estimate of drug-likeness (QED) is 0.692. The molecule has 1 heterocycles. The van der Waals surface area contributed by atoms with E-state index in [9.17, 15) is 4.79 Å². The van der Waals surface area contributed by atoms with E-state index < -0.39 is 0 Å². The van der Waals surface area contributed by atoms with Gasteiger partial charge >= 0.3 is 0 Å². The Morgan fingerprint density at radius 2 is 1.85 bits per heavy atom. The summed E-state index contributed by atoms with van der Waals surface area (Å²) in [6.45, 7) is 0.0508. The van der Waals surface area contributed by atoms with Gasteiger partial charge in [-0.25, -0.2) is 4.98 Å². The van der Waals surface area contributed by atoms with Gasteiger partial charge in [0.15, 0.2) is 6.61 Å². The van der Waals surface area contributed by atoms with Crippen molar-refractivity contribution >= 4 is 16.8 Å². The number of hydrogen-bond donors (Lipinski definition) is 0. The van der Waals surface area contributed by atoms with Crippen LogP contribution in [0.1, 0.15) is 19.3 Å². The first-order chi connectivity index (χ1) is 12.7. The van der Waals surface area contributed by atoms with E-state index in [1.807, 2.05) is 72.6 Å². The highest BCUT2D eigenvalue weighted by molar-refractivity contribution is 5.88. The summed E-state index contributed by atoms with van der Waals surface area (Å²) in [5, 5.41) is 0.922. The summed E-state index contributed by atoms with van der Waals surface area (Å²) in [4.78, 5) is 19.0. The third-order valence-corrected chi connectivity index (χ3v) is 5.11. The Morgan fingerprint density at radius 1 is 1.12 bits per heavy atom. The number of likely N-dealkylation sites (N-methyl/N-ethyl adjacent to an activating group) is 1. The highest BCUT2D eigenvalue weighted by Crippen LogP contribution is 2.30. The van der Waals surface area contributed by atoms with Crippen molar-refractivity contribution in [2.24, 2.45) is 0 Å². The van der Waals surface area contributed by atoms with E-state index in [0.717, 1.165) is 35.0 Å². The van der Waals surface area contributed by atoms with E-state index in [4.69, 9.17) is 9.72 Å². The predicted octanol–water partition coefficient (Wildman–Crippen LogP) is 4.29. The lowest BCUT2D eigenvalue weighted by atomic mass is 9.92. The number of para-hydroxylation sites is 1. The van der Waals surface area contributed by atoms with Gasteiger partial charge in [0.05, 0.1) is 11.2 Å². The Bertz CT molecular complexity index is 920. The van der Waals surface area contributed by atoms with Crippen LogP contribution in [0.4, 0.5) is 0 Å². The van der Waals surface area contributed by atoms with Crippen LogP contribution >= 0.6 is 0 Å². The number of ether oxygens (including phenoxy) is 1. The Hall–Kier alpha value is -2.88. The third-order valence-electron chi connectivity index (χ3n) is 5.11. The van der Waals surface area contributed by atoms with Gasteiger partial charge in [-0.3, -0.25) is 4.79 Å². The minimum absolute atomic E-state index is 0.0249. The molecule has 0 aliphatic heterocycles. The number of pyridine rings is 1. The third kappa shape index (κ3) is 3.27. The second-order valence-electron chi connectivity index (χ2n) is 6.77. The zero-order valence-electron chi connectivity index (χ0n) is 14.9. The Labute approximate surface area is 153 Å². The lowest BCUT2D eigenvalue weighted by Gasteiger charge is -2.34. The lowest BCUT2D eigenvalue weighted by molar-refractivity contribution is -0.135. The molecule has 0 atom stereocenters. The molecule has 1 amide bonds. The summed E-state index contributed by atoms with van der Waals surface area (Å²) in [7, 11) is 1.87. The smallest absolute Gasteiger partial charge is 0.260 e. The van der Waals surface area contributed by atoms with Crippen molar-refractivity contribution in [2.45, 2.75) is 25.3 Å². The zero-order valence-corrected chi connectivity index (χ0v) is 14.9. The van der Waals surface area contributed by atoms with Gasteiger partial charge in [0.25, 0.3) is 5.91 Å². The van der Waals surface area contributed by atoms with Crippen LogP contribution in [0.5, 0.6) is 5.75 Å². The fourth-order valence-electron chi connectivity index (χ4n) is 3.24. The molecule has 1 saturated carbocycles. The summed E-state index contributed by atoms with van der Waals surface area (Å²) in [6, 6.07) is 20.2. The van der Waals surface area contributed by atoms with Gasteiger partial charge in [-0.2, -0.15) is 0 Å². The average Bonchev–Trinajstić information content (AvgIpc) is 2.65. The topological polar surface area (TPSA) is 42.4 Å². The number of amides is 1. The Morgan fingerprint density at radius 3 is 2.58 bits per heavy atom. The first-order valence-electron chi connectivity index (χ1n) is 9.06. The first-order valence-corrected chi connectivity index (χ1v) is 9.06. The van der Waals surface area contributed by atoms with Crippen molar-refractivity contribution in [1.82, 2.24) is 9.88 Å². The minimum atomic E-state index is 0.0249. The summed E-state index contributed by atoms with van der Waals surface area (Å²) in [5.41, 5.74) is 2.74. The molecule has 1 aromatic heterocycles. The van der Waals surface area contributed by atoms with Gasteiger partial charge in [0.1, 0.15) is 5.75 Å². The van der Waals surface area contributed by atoms with Gasteiger partial charge in [-0.05, 0) is 31.4 Å². The van der Waals surface area contributed by atoms with E-state index in [2.05, 4.69) is 0 Å².